The average molecular weight is 144 g/mol. The third kappa shape index (κ3) is 3.22. The first-order chi connectivity index (χ1) is 4.72. The molecular weight excluding hydrogens is 132 g/mol. The highest BCUT2D eigenvalue weighted by atomic mass is 16.5. The molecular formula is C7H12O3. The van der Waals surface area contributed by atoms with E-state index in [-0.39, 0.29) is 11.9 Å². The molecule has 0 bridgehead atoms. The molecule has 0 rings (SSSR count). The first kappa shape index (κ1) is 9.14. The van der Waals surface area contributed by atoms with Gasteiger partial charge in [-0.05, 0) is 6.42 Å². The number of carbonyl (C=O) groups excluding carboxylic acids is 2. The van der Waals surface area contributed by atoms with E-state index in [2.05, 4.69) is 4.74 Å². The fourth-order valence-electron chi connectivity index (χ4n) is 0.637. The molecule has 0 fully saturated rings. The van der Waals surface area contributed by atoms with Crippen molar-refractivity contribution in [3.8, 4) is 0 Å². The van der Waals surface area contributed by atoms with Gasteiger partial charge < -0.3 is 9.53 Å². The molecule has 0 aliphatic heterocycles. The molecule has 0 radical (unpaired) electrons. The van der Waals surface area contributed by atoms with Crippen molar-refractivity contribution in [2.45, 2.75) is 19.8 Å². The van der Waals surface area contributed by atoms with Crippen LogP contribution < -0.4 is 0 Å². The van der Waals surface area contributed by atoms with Crippen LogP contribution in [0.25, 0.3) is 0 Å². The standard InChI is InChI=1S/C7H12O3/c1-6(4-3-5-8)7(9)10-2/h5-6H,3-4H2,1-2H3/t6-/m1/s1. The lowest BCUT2D eigenvalue weighted by Crippen LogP contribution is -2.12. The smallest absolute Gasteiger partial charge is 0.308 e. The zero-order valence-corrected chi connectivity index (χ0v) is 6.29. The predicted molar refractivity (Wildman–Crippen MR) is 36.5 cm³/mol. The van der Waals surface area contributed by atoms with E-state index < -0.39 is 0 Å². The molecule has 0 aromatic rings. The maximum atomic E-state index is 10.7. The van der Waals surface area contributed by atoms with Gasteiger partial charge in [-0.1, -0.05) is 6.92 Å². The summed E-state index contributed by atoms with van der Waals surface area (Å²) in [6.45, 7) is 1.75. The molecule has 3 heteroatoms. The summed E-state index contributed by atoms with van der Waals surface area (Å²) in [5.74, 6) is -0.406. The van der Waals surface area contributed by atoms with E-state index in [1.165, 1.54) is 7.11 Å². The Balaban J connectivity index is 3.50. The van der Waals surface area contributed by atoms with E-state index in [0.717, 1.165) is 6.29 Å². The normalized spacial score (nSPS) is 12.2. The van der Waals surface area contributed by atoms with E-state index in [1.807, 2.05) is 0 Å². The molecule has 0 saturated heterocycles. The summed E-state index contributed by atoms with van der Waals surface area (Å²) in [6.07, 6.45) is 1.81. The van der Waals surface area contributed by atoms with Crippen molar-refractivity contribution in [3.63, 3.8) is 0 Å². The van der Waals surface area contributed by atoms with Crippen molar-refractivity contribution in [1.29, 1.82) is 0 Å². The fourth-order valence-corrected chi connectivity index (χ4v) is 0.637. The van der Waals surface area contributed by atoms with Gasteiger partial charge in [-0.2, -0.15) is 0 Å². The van der Waals surface area contributed by atoms with Gasteiger partial charge in [0.25, 0.3) is 0 Å². The molecule has 0 N–H and O–H groups in total. The minimum absolute atomic E-state index is 0.157. The highest BCUT2D eigenvalue weighted by Crippen LogP contribution is 2.04. The van der Waals surface area contributed by atoms with Crippen LogP contribution in [0.1, 0.15) is 19.8 Å². The van der Waals surface area contributed by atoms with Gasteiger partial charge in [0.2, 0.25) is 0 Å². The average Bonchev–Trinajstić information content (AvgIpc) is 1.98. The van der Waals surface area contributed by atoms with Crippen LogP contribution in [-0.2, 0) is 14.3 Å². The molecule has 0 unspecified atom stereocenters. The number of rotatable bonds is 4. The first-order valence-electron chi connectivity index (χ1n) is 3.23. The molecule has 0 aromatic carbocycles. The number of methoxy groups -OCH3 is 1. The third-order valence-electron chi connectivity index (χ3n) is 1.32. The van der Waals surface area contributed by atoms with Gasteiger partial charge >= 0.3 is 5.97 Å². The van der Waals surface area contributed by atoms with Crippen LogP contribution in [0.4, 0.5) is 0 Å². The Labute approximate surface area is 60.4 Å². The second-order valence-corrected chi connectivity index (χ2v) is 2.17. The summed E-state index contributed by atoms with van der Waals surface area (Å²) in [5, 5.41) is 0. The fraction of sp³-hybridized carbons (Fsp3) is 0.714. The topological polar surface area (TPSA) is 43.4 Å². The number of aldehydes is 1. The van der Waals surface area contributed by atoms with Crippen LogP contribution in [0.2, 0.25) is 0 Å². The highest BCUT2D eigenvalue weighted by Gasteiger charge is 2.11. The van der Waals surface area contributed by atoms with E-state index in [1.54, 1.807) is 6.92 Å². The summed E-state index contributed by atoms with van der Waals surface area (Å²) in [6, 6.07) is 0. The maximum Gasteiger partial charge on any atom is 0.308 e. The van der Waals surface area contributed by atoms with Gasteiger partial charge in [0.05, 0.1) is 13.0 Å². The largest absolute Gasteiger partial charge is 0.469 e. The summed E-state index contributed by atoms with van der Waals surface area (Å²) in [7, 11) is 1.35. The van der Waals surface area contributed by atoms with Crippen LogP contribution in [-0.4, -0.2) is 19.4 Å². The van der Waals surface area contributed by atoms with Crippen molar-refractivity contribution < 1.29 is 14.3 Å². The Hall–Kier alpha value is -0.860. The van der Waals surface area contributed by atoms with Crippen molar-refractivity contribution in [2.24, 2.45) is 5.92 Å². The number of carbonyl (C=O) groups is 2. The summed E-state index contributed by atoms with van der Waals surface area (Å²) in [4.78, 5) is 20.5. The molecule has 0 aliphatic rings. The Kier molecular flexibility index (Phi) is 4.54. The molecule has 0 heterocycles. The molecule has 0 aliphatic carbocycles. The molecule has 3 nitrogen and oxygen atoms in total. The monoisotopic (exact) mass is 144 g/mol. The second-order valence-electron chi connectivity index (χ2n) is 2.17. The van der Waals surface area contributed by atoms with Gasteiger partial charge in [0, 0.05) is 6.42 Å². The molecule has 0 aromatic heterocycles. The molecule has 0 saturated carbocycles. The van der Waals surface area contributed by atoms with E-state index in [4.69, 9.17) is 0 Å². The van der Waals surface area contributed by atoms with Gasteiger partial charge in [-0.3, -0.25) is 4.79 Å². The zero-order valence-electron chi connectivity index (χ0n) is 6.29. The van der Waals surface area contributed by atoms with Crippen LogP contribution in [0.5, 0.6) is 0 Å². The van der Waals surface area contributed by atoms with Crippen molar-refractivity contribution in [2.75, 3.05) is 7.11 Å². The van der Waals surface area contributed by atoms with Crippen LogP contribution in [0.15, 0.2) is 0 Å². The summed E-state index contributed by atoms with van der Waals surface area (Å²) < 4.78 is 4.45. The molecule has 58 valence electrons. The SMILES string of the molecule is COC(=O)[C@H](C)CCC=O. The summed E-state index contributed by atoms with van der Waals surface area (Å²) in [5.41, 5.74) is 0. The minimum atomic E-state index is -0.248. The van der Waals surface area contributed by atoms with Crippen LogP contribution >= 0.6 is 0 Å². The molecule has 0 amide bonds. The van der Waals surface area contributed by atoms with Gasteiger partial charge in [0.15, 0.2) is 0 Å². The summed E-state index contributed by atoms with van der Waals surface area (Å²) >= 11 is 0. The lowest BCUT2D eigenvalue weighted by atomic mass is 10.1. The third-order valence-corrected chi connectivity index (χ3v) is 1.32. The van der Waals surface area contributed by atoms with Crippen LogP contribution in [0, 0.1) is 5.92 Å². The van der Waals surface area contributed by atoms with Crippen molar-refractivity contribution >= 4 is 12.3 Å². The Morgan fingerprint density at radius 3 is 2.70 bits per heavy atom. The molecule has 0 spiro atoms. The second kappa shape index (κ2) is 4.97. The van der Waals surface area contributed by atoms with E-state index in [9.17, 15) is 9.59 Å². The number of hydrogen-bond donors (Lipinski definition) is 0. The lowest BCUT2D eigenvalue weighted by molar-refractivity contribution is -0.145. The van der Waals surface area contributed by atoms with Crippen molar-refractivity contribution in [1.82, 2.24) is 0 Å². The van der Waals surface area contributed by atoms with Gasteiger partial charge in [-0.25, -0.2) is 0 Å². The van der Waals surface area contributed by atoms with Crippen molar-refractivity contribution in [3.05, 3.63) is 0 Å². The minimum Gasteiger partial charge on any atom is -0.469 e. The number of esters is 1. The van der Waals surface area contributed by atoms with Crippen LogP contribution in [0.3, 0.4) is 0 Å². The number of hydrogen-bond acceptors (Lipinski definition) is 3. The Morgan fingerprint density at radius 1 is 1.70 bits per heavy atom. The predicted octanol–water partition coefficient (Wildman–Crippen LogP) is 0.775. The lowest BCUT2D eigenvalue weighted by Gasteiger charge is -2.04. The maximum absolute atomic E-state index is 10.7. The highest BCUT2D eigenvalue weighted by molar-refractivity contribution is 5.72. The van der Waals surface area contributed by atoms with E-state index in [0.29, 0.717) is 12.8 Å². The first-order valence-corrected chi connectivity index (χ1v) is 3.23. The van der Waals surface area contributed by atoms with Gasteiger partial charge in [-0.15, -0.1) is 0 Å². The molecule has 10 heavy (non-hydrogen) atoms. The zero-order chi connectivity index (χ0) is 7.98. The molecule has 1 atom stereocenters. The van der Waals surface area contributed by atoms with E-state index >= 15 is 0 Å². The number of ether oxygens (including phenoxy) is 1. The Morgan fingerprint density at radius 2 is 2.30 bits per heavy atom. The Bertz CT molecular complexity index is 120. The quantitative estimate of drug-likeness (QED) is 0.432. The van der Waals surface area contributed by atoms with Gasteiger partial charge in [0.1, 0.15) is 6.29 Å².